The van der Waals surface area contributed by atoms with Crippen LogP contribution in [0.15, 0.2) is 24.3 Å². The first-order chi connectivity index (χ1) is 6.15. The maximum absolute atomic E-state index is 11.5. The number of rotatable bonds is 3. The van der Waals surface area contributed by atoms with Crippen molar-refractivity contribution in [1.82, 2.24) is 0 Å². The monoisotopic (exact) mass is 176 g/mol. The Kier molecular flexibility index (Phi) is 2.96. The molecular formula is C11H12O2. The smallest absolute Gasteiger partial charge is 0.172 e. The second kappa shape index (κ2) is 3.99. The average Bonchev–Trinajstić information content (AvgIpc) is 2.17. The molecule has 2 nitrogen and oxygen atoms in total. The molecule has 1 atom stereocenters. The summed E-state index contributed by atoms with van der Waals surface area (Å²) in [6, 6.07) is 7.23. The fraction of sp³-hybridized carbons (Fsp3) is 0.273. The maximum Gasteiger partial charge on any atom is 0.172 e. The summed E-state index contributed by atoms with van der Waals surface area (Å²) in [7, 11) is 0. The van der Waals surface area contributed by atoms with Gasteiger partial charge in [0.2, 0.25) is 0 Å². The zero-order chi connectivity index (χ0) is 9.84. The lowest BCUT2D eigenvalue weighted by atomic mass is 10.00. The topological polar surface area (TPSA) is 34.1 Å². The maximum atomic E-state index is 11.5. The lowest BCUT2D eigenvalue weighted by Crippen LogP contribution is -2.12. The van der Waals surface area contributed by atoms with E-state index in [1.807, 2.05) is 19.1 Å². The summed E-state index contributed by atoms with van der Waals surface area (Å²) in [5.41, 5.74) is 1.71. The second-order valence-corrected chi connectivity index (χ2v) is 3.16. The Hall–Kier alpha value is -1.44. The molecule has 0 heterocycles. The third-order valence-corrected chi connectivity index (χ3v) is 1.95. The molecule has 2 heteroatoms. The van der Waals surface area contributed by atoms with Crippen LogP contribution < -0.4 is 0 Å². The Morgan fingerprint density at radius 2 is 1.85 bits per heavy atom. The van der Waals surface area contributed by atoms with Crippen molar-refractivity contribution in [3.05, 3.63) is 35.4 Å². The van der Waals surface area contributed by atoms with Gasteiger partial charge in [-0.1, -0.05) is 29.8 Å². The summed E-state index contributed by atoms with van der Waals surface area (Å²) in [5, 5.41) is 0. The van der Waals surface area contributed by atoms with Crippen molar-refractivity contribution >= 4 is 12.1 Å². The first kappa shape index (κ1) is 9.65. The molecule has 1 aromatic carbocycles. The van der Waals surface area contributed by atoms with Gasteiger partial charge in [-0.25, -0.2) is 0 Å². The highest BCUT2D eigenvalue weighted by Crippen LogP contribution is 2.08. The molecule has 0 aliphatic heterocycles. The Morgan fingerprint density at radius 1 is 1.31 bits per heavy atom. The number of hydrogen-bond donors (Lipinski definition) is 0. The highest BCUT2D eigenvalue weighted by molar-refractivity contribution is 6.04. The zero-order valence-electron chi connectivity index (χ0n) is 7.78. The molecule has 0 saturated heterocycles. The van der Waals surface area contributed by atoms with E-state index in [9.17, 15) is 9.59 Å². The molecule has 0 aromatic heterocycles. The van der Waals surface area contributed by atoms with Crippen LogP contribution in [0.2, 0.25) is 0 Å². The van der Waals surface area contributed by atoms with E-state index < -0.39 is 5.92 Å². The van der Waals surface area contributed by atoms with Gasteiger partial charge >= 0.3 is 0 Å². The fourth-order valence-corrected chi connectivity index (χ4v) is 1.04. The Bertz CT molecular complexity index is 311. The summed E-state index contributed by atoms with van der Waals surface area (Å²) >= 11 is 0. The minimum absolute atomic E-state index is 0.116. The Labute approximate surface area is 77.6 Å². The van der Waals surface area contributed by atoms with Gasteiger partial charge in [-0.15, -0.1) is 0 Å². The molecule has 0 aliphatic carbocycles. The van der Waals surface area contributed by atoms with Gasteiger partial charge in [0, 0.05) is 5.56 Å². The standard InChI is InChI=1S/C11H12O2/c1-8-3-5-10(6-4-8)11(13)9(2)7-12/h3-7,9H,1-2H3. The molecule has 0 radical (unpaired) electrons. The van der Waals surface area contributed by atoms with Crippen molar-refractivity contribution in [2.75, 3.05) is 0 Å². The van der Waals surface area contributed by atoms with Crippen LogP contribution in [0.25, 0.3) is 0 Å². The lowest BCUT2D eigenvalue weighted by Gasteiger charge is -2.02. The van der Waals surface area contributed by atoms with Crippen molar-refractivity contribution in [2.45, 2.75) is 13.8 Å². The fourth-order valence-electron chi connectivity index (χ4n) is 1.04. The number of hydrogen-bond acceptors (Lipinski definition) is 2. The number of Topliss-reactive ketones (excluding diaryl/α,β-unsaturated/α-hetero) is 1. The van der Waals surface area contributed by atoms with Crippen molar-refractivity contribution in [1.29, 1.82) is 0 Å². The van der Waals surface area contributed by atoms with Crippen molar-refractivity contribution < 1.29 is 9.59 Å². The van der Waals surface area contributed by atoms with Gasteiger partial charge in [-0.2, -0.15) is 0 Å². The minimum atomic E-state index is -0.539. The number of aryl methyl sites for hydroxylation is 1. The van der Waals surface area contributed by atoms with Gasteiger partial charge in [0.1, 0.15) is 6.29 Å². The molecule has 0 fully saturated rings. The number of aldehydes is 1. The molecule has 0 spiro atoms. The summed E-state index contributed by atoms with van der Waals surface area (Å²) in [6.45, 7) is 3.56. The van der Waals surface area contributed by atoms with E-state index in [2.05, 4.69) is 0 Å². The number of ketones is 1. The summed E-state index contributed by atoms with van der Waals surface area (Å²) < 4.78 is 0. The van der Waals surface area contributed by atoms with Crippen LogP contribution in [-0.4, -0.2) is 12.1 Å². The van der Waals surface area contributed by atoms with Gasteiger partial charge in [0.05, 0.1) is 5.92 Å². The van der Waals surface area contributed by atoms with Crippen LogP contribution in [0.4, 0.5) is 0 Å². The molecule has 0 bridgehead atoms. The van der Waals surface area contributed by atoms with E-state index in [4.69, 9.17) is 0 Å². The number of benzene rings is 1. The number of carbonyl (C=O) groups is 2. The first-order valence-corrected chi connectivity index (χ1v) is 4.21. The Morgan fingerprint density at radius 3 is 2.31 bits per heavy atom. The van der Waals surface area contributed by atoms with E-state index in [0.717, 1.165) is 5.56 Å². The van der Waals surface area contributed by atoms with Crippen LogP contribution in [-0.2, 0) is 4.79 Å². The van der Waals surface area contributed by atoms with Gasteiger partial charge in [-0.3, -0.25) is 4.79 Å². The zero-order valence-corrected chi connectivity index (χ0v) is 7.78. The SMILES string of the molecule is Cc1ccc(C(=O)C(C)C=O)cc1. The van der Waals surface area contributed by atoms with Crippen molar-refractivity contribution in [3.8, 4) is 0 Å². The second-order valence-electron chi connectivity index (χ2n) is 3.16. The van der Waals surface area contributed by atoms with Gasteiger partial charge < -0.3 is 4.79 Å². The lowest BCUT2D eigenvalue weighted by molar-refractivity contribution is -0.109. The quantitative estimate of drug-likeness (QED) is 0.401. The minimum Gasteiger partial charge on any atom is -0.303 e. The molecule has 0 aliphatic rings. The highest BCUT2D eigenvalue weighted by atomic mass is 16.1. The van der Waals surface area contributed by atoms with Gasteiger partial charge in [0.15, 0.2) is 5.78 Å². The van der Waals surface area contributed by atoms with Gasteiger partial charge in [0.25, 0.3) is 0 Å². The molecule has 0 amide bonds. The first-order valence-electron chi connectivity index (χ1n) is 4.21. The summed E-state index contributed by atoms with van der Waals surface area (Å²) in [4.78, 5) is 21.8. The normalized spacial score (nSPS) is 12.2. The van der Waals surface area contributed by atoms with Crippen LogP contribution in [0.3, 0.4) is 0 Å². The third-order valence-electron chi connectivity index (χ3n) is 1.95. The molecular weight excluding hydrogens is 164 g/mol. The van der Waals surface area contributed by atoms with E-state index in [1.54, 1.807) is 19.1 Å². The van der Waals surface area contributed by atoms with Crippen LogP contribution in [0.5, 0.6) is 0 Å². The largest absolute Gasteiger partial charge is 0.303 e. The Balaban J connectivity index is 2.89. The van der Waals surface area contributed by atoms with E-state index >= 15 is 0 Å². The molecule has 68 valence electrons. The van der Waals surface area contributed by atoms with E-state index in [-0.39, 0.29) is 5.78 Å². The van der Waals surface area contributed by atoms with Crippen molar-refractivity contribution in [3.63, 3.8) is 0 Å². The van der Waals surface area contributed by atoms with Crippen LogP contribution >= 0.6 is 0 Å². The van der Waals surface area contributed by atoms with Crippen LogP contribution in [0.1, 0.15) is 22.8 Å². The molecule has 1 unspecified atom stereocenters. The molecule has 1 rings (SSSR count). The molecule has 0 saturated carbocycles. The number of carbonyl (C=O) groups excluding carboxylic acids is 2. The summed E-state index contributed by atoms with van der Waals surface area (Å²) in [6.07, 6.45) is 0.669. The molecule has 0 N–H and O–H groups in total. The van der Waals surface area contributed by atoms with Crippen molar-refractivity contribution in [2.24, 2.45) is 5.92 Å². The third kappa shape index (κ3) is 2.25. The molecule has 1 aromatic rings. The predicted molar refractivity (Wildman–Crippen MR) is 50.7 cm³/mol. The van der Waals surface area contributed by atoms with E-state index in [1.165, 1.54) is 0 Å². The van der Waals surface area contributed by atoms with Crippen LogP contribution in [0, 0.1) is 12.8 Å². The van der Waals surface area contributed by atoms with Gasteiger partial charge in [-0.05, 0) is 13.8 Å². The predicted octanol–water partition coefficient (Wildman–Crippen LogP) is 2.01. The average molecular weight is 176 g/mol. The van der Waals surface area contributed by atoms with E-state index in [0.29, 0.717) is 11.8 Å². The highest BCUT2D eigenvalue weighted by Gasteiger charge is 2.13. The molecule has 13 heavy (non-hydrogen) atoms. The summed E-state index contributed by atoms with van der Waals surface area (Å²) in [5.74, 6) is -0.655.